The molecular weight excluding hydrogens is 822 g/mol. The van der Waals surface area contributed by atoms with Crippen LogP contribution in [-0.2, 0) is 38.1 Å². The van der Waals surface area contributed by atoms with Gasteiger partial charge in [0.2, 0.25) is 0 Å². The fraction of sp³-hybridized carbons (Fsp3) is 0.213. The van der Waals surface area contributed by atoms with Crippen LogP contribution in [0.4, 0.5) is 0 Å². The minimum Gasteiger partial charge on any atom is -0.184 e. The number of fused-ring (bicyclic) bond motifs is 3. The number of hydrogen-bond donors (Lipinski definition) is 0. The van der Waals surface area contributed by atoms with Gasteiger partial charge in [-0.3, -0.25) is 0 Å². The van der Waals surface area contributed by atoms with Crippen LogP contribution in [0.5, 0.6) is 0 Å². The molecule has 0 bridgehead atoms. The fourth-order valence-electron chi connectivity index (χ4n) is 6.53. The number of benzene rings is 8. The standard InChI is InChI=1S/C25H18.2C8H10.2C6H5.4C2H6.Y/c1-3-11-19(12-4-1)25(20-13-5-2-6-14-20)23-17-9-7-15-21(23)22-16-8-10-18-24(22)25;1-7-3-5-8(2)6-4-7;1-7-4-3-5-8(2)6-7;2*1-2-4-6-5-3-1;4*1-2;/h1-18H;2*3-6H,1-2H3;2*1-5H;4*1-2H3;/q;;;2*-1;;;;;. The van der Waals surface area contributed by atoms with Gasteiger partial charge in [0.15, 0.2) is 0 Å². The number of aryl methyl sites for hydroxylation is 4. The third-order valence-electron chi connectivity index (χ3n) is 8.97. The Kier molecular flexibility index (Phi) is 32.5. The predicted molar refractivity (Wildman–Crippen MR) is 272 cm³/mol. The molecule has 0 saturated heterocycles. The Morgan fingerprint density at radius 2 is 0.581 bits per heavy atom. The average Bonchev–Trinajstić information content (AvgIpc) is 3.66. The Labute approximate surface area is 404 Å². The molecule has 8 aromatic rings. The monoisotopic (exact) mass is 893 g/mol. The molecule has 62 heavy (non-hydrogen) atoms. The molecule has 0 saturated carbocycles. The second-order valence-corrected chi connectivity index (χ2v) is 13.0. The zero-order valence-electron chi connectivity index (χ0n) is 39.9. The van der Waals surface area contributed by atoms with Crippen molar-refractivity contribution >= 4 is 0 Å². The zero-order chi connectivity index (χ0) is 45.1. The van der Waals surface area contributed by atoms with Gasteiger partial charge in [-0.1, -0.05) is 235 Å². The molecule has 0 fully saturated rings. The normalized spacial score (nSPS) is 9.94. The summed E-state index contributed by atoms with van der Waals surface area (Å²) in [4.78, 5) is 0. The topological polar surface area (TPSA) is 0 Å². The summed E-state index contributed by atoms with van der Waals surface area (Å²) in [6, 6.07) is 81.4. The van der Waals surface area contributed by atoms with Crippen molar-refractivity contribution < 1.29 is 32.7 Å². The summed E-state index contributed by atoms with van der Waals surface area (Å²) in [6.07, 6.45) is 0. The van der Waals surface area contributed by atoms with Crippen LogP contribution in [0, 0.1) is 39.8 Å². The Bertz CT molecular complexity index is 1980. The van der Waals surface area contributed by atoms with Gasteiger partial charge in [-0.05, 0) is 61.1 Å². The van der Waals surface area contributed by atoms with E-state index in [0.717, 1.165) is 0 Å². The molecule has 0 atom stereocenters. The fourth-order valence-corrected chi connectivity index (χ4v) is 6.53. The largest absolute Gasteiger partial charge is 0.184 e. The summed E-state index contributed by atoms with van der Waals surface area (Å²) >= 11 is 0. The van der Waals surface area contributed by atoms with Crippen molar-refractivity contribution in [2.45, 2.75) is 88.5 Å². The van der Waals surface area contributed by atoms with E-state index in [-0.39, 0.29) is 38.1 Å². The molecule has 1 heteroatoms. The minimum absolute atomic E-state index is 0. The predicted octanol–water partition coefficient (Wildman–Crippen LogP) is 17.7. The van der Waals surface area contributed by atoms with Gasteiger partial charge in [0.05, 0.1) is 5.41 Å². The molecule has 1 aliphatic carbocycles. The molecule has 0 heterocycles. The smallest absolute Gasteiger partial charge is 0.0713 e. The Hall–Kier alpha value is -5.14. The molecule has 321 valence electrons. The van der Waals surface area contributed by atoms with E-state index in [4.69, 9.17) is 0 Å². The Balaban J connectivity index is 0.000000830. The number of hydrogen-bond acceptors (Lipinski definition) is 0. The van der Waals surface area contributed by atoms with E-state index in [1.54, 1.807) is 0 Å². The molecule has 8 aromatic carbocycles. The molecule has 9 rings (SSSR count). The van der Waals surface area contributed by atoms with Crippen molar-refractivity contribution in [1.82, 2.24) is 0 Å². The third kappa shape index (κ3) is 18.5. The molecule has 0 N–H and O–H groups in total. The van der Waals surface area contributed by atoms with Crippen LogP contribution in [-0.4, -0.2) is 0 Å². The molecule has 0 unspecified atom stereocenters. The van der Waals surface area contributed by atoms with Gasteiger partial charge in [-0.2, -0.15) is 72.8 Å². The van der Waals surface area contributed by atoms with Gasteiger partial charge < -0.3 is 0 Å². The van der Waals surface area contributed by atoms with E-state index < -0.39 is 0 Å². The SMILES string of the molecule is CC.CC.CC.CC.Cc1ccc(C)cc1.Cc1cccc(C)c1.[Y].[c-]1ccccc1.[c-]1ccccc1.c1ccc(C2(c3ccccc3)c3ccccc3-c3ccccc32)cc1. The zero-order valence-corrected chi connectivity index (χ0v) is 42.7. The van der Waals surface area contributed by atoms with E-state index in [1.165, 1.54) is 55.6 Å². The maximum absolute atomic E-state index is 2.89. The maximum Gasteiger partial charge on any atom is 0.0713 e. The summed E-state index contributed by atoms with van der Waals surface area (Å²) in [5.41, 5.74) is 13.1. The first-order valence-electron chi connectivity index (χ1n) is 22.2. The third-order valence-corrected chi connectivity index (χ3v) is 8.97. The summed E-state index contributed by atoms with van der Waals surface area (Å²) in [7, 11) is 0. The maximum atomic E-state index is 2.89. The van der Waals surface area contributed by atoms with Crippen LogP contribution in [0.2, 0.25) is 0 Å². The van der Waals surface area contributed by atoms with Crippen LogP contribution in [0.25, 0.3) is 11.1 Å². The van der Waals surface area contributed by atoms with Crippen molar-refractivity contribution in [3.8, 4) is 11.1 Å². The van der Waals surface area contributed by atoms with Crippen molar-refractivity contribution in [2.24, 2.45) is 0 Å². The van der Waals surface area contributed by atoms with Gasteiger partial charge in [-0.15, -0.1) is 0 Å². The number of rotatable bonds is 2. The van der Waals surface area contributed by atoms with Crippen LogP contribution < -0.4 is 0 Å². The molecule has 0 amide bonds. The van der Waals surface area contributed by atoms with E-state index in [9.17, 15) is 0 Å². The summed E-state index contributed by atoms with van der Waals surface area (Å²) < 4.78 is 0. The van der Waals surface area contributed by atoms with E-state index in [2.05, 4.69) is 198 Å². The minimum atomic E-state index is -0.254. The molecule has 0 nitrogen and oxygen atoms in total. The second kappa shape index (κ2) is 35.5. The van der Waals surface area contributed by atoms with Crippen molar-refractivity contribution in [3.63, 3.8) is 0 Å². The molecule has 0 aliphatic heterocycles. The first kappa shape index (κ1) is 56.9. The molecule has 0 aromatic heterocycles. The van der Waals surface area contributed by atoms with E-state index >= 15 is 0 Å². The van der Waals surface area contributed by atoms with Gasteiger partial charge in [0.1, 0.15) is 0 Å². The van der Waals surface area contributed by atoms with Crippen molar-refractivity contribution in [1.29, 1.82) is 0 Å². The van der Waals surface area contributed by atoms with E-state index in [0.29, 0.717) is 0 Å². The summed E-state index contributed by atoms with van der Waals surface area (Å²) in [6.45, 7) is 24.4. The Morgan fingerprint density at radius 1 is 0.290 bits per heavy atom. The average molecular weight is 894 g/mol. The van der Waals surface area contributed by atoms with Gasteiger partial charge >= 0.3 is 0 Å². The first-order chi connectivity index (χ1) is 30.0. The van der Waals surface area contributed by atoms with Crippen LogP contribution in [0.1, 0.15) is 99.9 Å². The van der Waals surface area contributed by atoms with Gasteiger partial charge in [0, 0.05) is 32.7 Å². The van der Waals surface area contributed by atoms with Crippen LogP contribution in [0.3, 0.4) is 0 Å². The summed E-state index contributed by atoms with van der Waals surface area (Å²) in [5.74, 6) is 0. The van der Waals surface area contributed by atoms with E-state index in [1.807, 2.05) is 116 Å². The molecular formula is C61H72Y-2. The quantitative estimate of drug-likeness (QED) is 0.152. The Morgan fingerprint density at radius 3 is 0.839 bits per heavy atom. The molecule has 0 spiro atoms. The first-order valence-corrected chi connectivity index (χ1v) is 22.2. The van der Waals surface area contributed by atoms with Crippen molar-refractivity contribution in [3.05, 3.63) is 275 Å². The molecule has 1 aliphatic rings. The van der Waals surface area contributed by atoms with Gasteiger partial charge in [-0.25, -0.2) is 0 Å². The molecule has 1 radical (unpaired) electrons. The van der Waals surface area contributed by atoms with Crippen LogP contribution in [0.15, 0.2) is 218 Å². The summed E-state index contributed by atoms with van der Waals surface area (Å²) in [5, 5.41) is 0. The second-order valence-electron chi connectivity index (χ2n) is 13.0. The van der Waals surface area contributed by atoms with Crippen molar-refractivity contribution in [2.75, 3.05) is 0 Å². The van der Waals surface area contributed by atoms with Crippen LogP contribution >= 0.6 is 0 Å². The van der Waals surface area contributed by atoms with Gasteiger partial charge in [0.25, 0.3) is 0 Å².